The van der Waals surface area contributed by atoms with Gasteiger partial charge in [0.15, 0.2) is 0 Å². The standard InChI is InChI=1S/C19H22FN2/c1-14-13-22(15(2)12-21-14)19(16-8-4-3-5-9-16)17-10-6-7-11-18(17)20/h3-11,14-15,19H,12-13H2,1-2H3. The molecule has 0 N–H and O–H groups in total. The van der Waals surface area contributed by atoms with Crippen molar-refractivity contribution in [3.8, 4) is 0 Å². The lowest BCUT2D eigenvalue weighted by molar-refractivity contribution is 0.109. The number of piperazine rings is 1. The normalized spacial score (nSPS) is 24.1. The Kier molecular flexibility index (Phi) is 4.55. The van der Waals surface area contributed by atoms with Crippen molar-refractivity contribution < 1.29 is 4.39 Å². The molecule has 0 saturated carbocycles. The van der Waals surface area contributed by atoms with Gasteiger partial charge in [-0.3, -0.25) is 4.90 Å². The van der Waals surface area contributed by atoms with E-state index in [-0.39, 0.29) is 17.9 Å². The smallest absolute Gasteiger partial charge is 0.128 e. The van der Waals surface area contributed by atoms with E-state index in [1.807, 2.05) is 30.3 Å². The molecule has 2 nitrogen and oxygen atoms in total. The molecule has 3 rings (SSSR count). The summed E-state index contributed by atoms with van der Waals surface area (Å²) in [6.45, 7) is 5.96. The number of hydrogen-bond donors (Lipinski definition) is 0. The molecule has 3 atom stereocenters. The molecule has 0 aliphatic carbocycles. The summed E-state index contributed by atoms with van der Waals surface area (Å²) in [6.07, 6.45) is 0. The molecule has 1 saturated heterocycles. The van der Waals surface area contributed by atoms with E-state index in [2.05, 4.69) is 36.2 Å². The Morgan fingerprint density at radius 2 is 1.73 bits per heavy atom. The monoisotopic (exact) mass is 297 g/mol. The Morgan fingerprint density at radius 3 is 2.45 bits per heavy atom. The highest BCUT2D eigenvalue weighted by molar-refractivity contribution is 5.33. The third kappa shape index (κ3) is 3.06. The molecule has 2 aromatic rings. The maximum Gasteiger partial charge on any atom is 0.128 e. The van der Waals surface area contributed by atoms with Crippen molar-refractivity contribution in [2.45, 2.75) is 32.0 Å². The molecule has 0 spiro atoms. The number of benzene rings is 2. The van der Waals surface area contributed by atoms with Gasteiger partial charge in [0.05, 0.1) is 6.04 Å². The van der Waals surface area contributed by atoms with Crippen molar-refractivity contribution >= 4 is 0 Å². The Bertz CT molecular complexity index is 614. The van der Waals surface area contributed by atoms with E-state index in [0.29, 0.717) is 6.04 Å². The molecule has 115 valence electrons. The summed E-state index contributed by atoms with van der Waals surface area (Å²) in [7, 11) is 0. The lowest BCUT2D eigenvalue weighted by Crippen LogP contribution is -2.52. The van der Waals surface area contributed by atoms with Crippen molar-refractivity contribution in [2.24, 2.45) is 0 Å². The second-order valence-corrected chi connectivity index (χ2v) is 6.09. The molecule has 1 heterocycles. The minimum atomic E-state index is -0.140. The van der Waals surface area contributed by atoms with Gasteiger partial charge in [-0.2, -0.15) is 0 Å². The molecular weight excluding hydrogens is 275 g/mol. The van der Waals surface area contributed by atoms with Crippen LogP contribution in [0.2, 0.25) is 0 Å². The minimum Gasteiger partial charge on any atom is -0.287 e. The largest absolute Gasteiger partial charge is 0.287 e. The van der Waals surface area contributed by atoms with Crippen molar-refractivity contribution in [1.82, 2.24) is 10.2 Å². The molecular formula is C19H22FN2. The first kappa shape index (κ1) is 15.2. The van der Waals surface area contributed by atoms with Gasteiger partial charge in [-0.15, -0.1) is 0 Å². The quantitative estimate of drug-likeness (QED) is 0.846. The minimum absolute atomic E-state index is 0.0599. The van der Waals surface area contributed by atoms with E-state index in [4.69, 9.17) is 0 Å². The van der Waals surface area contributed by atoms with Crippen LogP contribution in [0.25, 0.3) is 0 Å². The molecule has 1 fully saturated rings. The zero-order valence-corrected chi connectivity index (χ0v) is 13.1. The highest BCUT2D eigenvalue weighted by Crippen LogP contribution is 2.33. The summed E-state index contributed by atoms with van der Waals surface area (Å²) in [5.74, 6) is -0.140. The van der Waals surface area contributed by atoms with Gasteiger partial charge in [0.25, 0.3) is 0 Å². The fraction of sp³-hybridized carbons (Fsp3) is 0.368. The summed E-state index contributed by atoms with van der Waals surface area (Å²) in [5, 5.41) is 4.62. The molecule has 1 radical (unpaired) electrons. The van der Waals surface area contributed by atoms with E-state index in [1.54, 1.807) is 12.1 Å². The summed E-state index contributed by atoms with van der Waals surface area (Å²) in [4.78, 5) is 2.38. The topological polar surface area (TPSA) is 17.3 Å². The Balaban J connectivity index is 2.05. The van der Waals surface area contributed by atoms with Crippen LogP contribution in [-0.4, -0.2) is 30.1 Å². The molecule has 2 aromatic carbocycles. The van der Waals surface area contributed by atoms with Gasteiger partial charge in [-0.25, -0.2) is 9.71 Å². The molecule has 0 amide bonds. The average Bonchev–Trinajstić information content (AvgIpc) is 2.54. The lowest BCUT2D eigenvalue weighted by atomic mass is 9.94. The first-order valence-electron chi connectivity index (χ1n) is 7.88. The molecule has 22 heavy (non-hydrogen) atoms. The van der Waals surface area contributed by atoms with E-state index in [9.17, 15) is 4.39 Å². The number of nitrogens with zero attached hydrogens (tertiary/aromatic N) is 2. The first-order chi connectivity index (χ1) is 10.7. The predicted molar refractivity (Wildman–Crippen MR) is 87.3 cm³/mol. The maximum atomic E-state index is 14.5. The van der Waals surface area contributed by atoms with Crippen LogP contribution < -0.4 is 5.32 Å². The summed E-state index contributed by atoms with van der Waals surface area (Å²) in [6, 6.07) is 17.8. The van der Waals surface area contributed by atoms with Crippen LogP contribution in [0.1, 0.15) is 31.0 Å². The SMILES string of the molecule is CC1CN(C(c2ccccc2)c2ccccc2F)C(C)C[N]1. The zero-order chi connectivity index (χ0) is 15.5. The predicted octanol–water partition coefficient (Wildman–Crippen LogP) is 3.61. The molecule has 0 bridgehead atoms. The number of halogens is 1. The van der Waals surface area contributed by atoms with Crippen LogP contribution in [0, 0.1) is 5.82 Å². The van der Waals surface area contributed by atoms with Gasteiger partial charge in [-0.1, -0.05) is 48.5 Å². The Hall–Kier alpha value is -1.71. The van der Waals surface area contributed by atoms with Gasteiger partial charge < -0.3 is 0 Å². The second-order valence-electron chi connectivity index (χ2n) is 6.09. The fourth-order valence-corrected chi connectivity index (χ4v) is 3.22. The van der Waals surface area contributed by atoms with Crippen LogP contribution in [0.3, 0.4) is 0 Å². The van der Waals surface area contributed by atoms with Crippen LogP contribution in [0.15, 0.2) is 54.6 Å². The second kappa shape index (κ2) is 6.59. The molecule has 3 unspecified atom stereocenters. The van der Waals surface area contributed by atoms with E-state index >= 15 is 0 Å². The van der Waals surface area contributed by atoms with Crippen LogP contribution in [0.4, 0.5) is 4.39 Å². The number of hydrogen-bond acceptors (Lipinski definition) is 1. The third-order valence-electron chi connectivity index (χ3n) is 4.37. The van der Waals surface area contributed by atoms with Crippen molar-refractivity contribution in [2.75, 3.05) is 13.1 Å². The summed E-state index contributed by atoms with van der Waals surface area (Å²) < 4.78 is 14.5. The zero-order valence-electron chi connectivity index (χ0n) is 13.1. The molecule has 1 aliphatic rings. The van der Waals surface area contributed by atoms with Gasteiger partial charge in [0.1, 0.15) is 5.82 Å². The Labute approximate surface area is 132 Å². The van der Waals surface area contributed by atoms with Gasteiger partial charge in [-0.05, 0) is 25.5 Å². The average molecular weight is 297 g/mol. The van der Waals surface area contributed by atoms with E-state index in [1.165, 1.54) is 0 Å². The molecule has 1 aliphatic heterocycles. The van der Waals surface area contributed by atoms with Crippen LogP contribution in [-0.2, 0) is 0 Å². The van der Waals surface area contributed by atoms with E-state index in [0.717, 1.165) is 24.2 Å². The third-order valence-corrected chi connectivity index (χ3v) is 4.37. The molecule has 0 aromatic heterocycles. The van der Waals surface area contributed by atoms with E-state index < -0.39 is 0 Å². The van der Waals surface area contributed by atoms with Crippen molar-refractivity contribution in [3.05, 3.63) is 71.5 Å². The number of rotatable bonds is 3. The van der Waals surface area contributed by atoms with Gasteiger partial charge >= 0.3 is 0 Å². The highest BCUT2D eigenvalue weighted by atomic mass is 19.1. The summed E-state index contributed by atoms with van der Waals surface area (Å²) >= 11 is 0. The van der Waals surface area contributed by atoms with Crippen LogP contribution in [0.5, 0.6) is 0 Å². The Morgan fingerprint density at radius 1 is 1.05 bits per heavy atom. The molecule has 3 heteroatoms. The fourth-order valence-electron chi connectivity index (χ4n) is 3.22. The van der Waals surface area contributed by atoms with Gasteiger partial charge in [0.2, 0.25) is 0 Å². The summed E-state index contributed by atoms with van der Waals surface area (Å²) in [5.41, 5.74) is 1.88. The first-order valence-corrected chi connectivity index (χ1v) is 7.88. The van der Waals surface area contributed by atoms with Crippen molar-refractivity contribution in [3.63, 3.8) is 0 Å². The van der Waals surface area contributed by atoms with Crippen molar-refractivity contribution in [1.29, 1.82) is 0 Å². The lowest BCUT2D eigenvalue weighted by Gasteiger charge is -2.42. The van der Waals surface area contributed by atoms with Gasteiger partial charge in [0, 0.05) is 30.7 Å². The van der Waals surface area contributed by atoms with Crippen LogP contribution >= 0.6 is 0 Å². The maximum absolute atomic E-state index is 14.5. The highest BCUT2D eigenvalue weighted by Gasteiger charge is 2.32.